The number of hydrogen-bond donors (Lipinski definition) is 0. The molecule has 0 aliphatic heterocycles. The summed E-state index contributed by atoms with van der Waals surface area (Å²) < 4.78 is 55.1. The van der Waals surface area contributed by atoms with Crippen LogP contribution in [0, 0.1) is 20.8 Å². The summed E-state index contributed by atoms with van der Waals surface area (Å²) in [6.45, 7) is 15.2. The van der Waals surface area contributed by atoms with Crippen molar-refractivity contribution in [2.75, 3.05) is 0 Å². The van der Waals surface area contributed by atoms with Crippen LogP contribution in [-0.4, -0.2) is 82.2 Å². The van der Waals surface area contributed by atoms with Crippen molar-refractivity contribution < 1.29 is 55.8 Å². The topological polar surface area (TPSA) is 281 Å². The molecule has 17 rings (SSSR count). The van der Waals surface area contributed by atoms with Crippen LogP contribution >= 0.6 is 0 Å². The second kappa shape index (κ2) is 37.5. The highest BCUT2D eigenvalue weighted by molar-refractivity contribution is 5.89. The van der Waals surface area contributed by atoms with Crippen molar-refractivity contribution in [2.45, 2.75) is 127 Å². The maximum absolute atomic E-state index is 11.4. The summed E-state index contributed by atoms with van der Waals surface area (Å²) in [7, 11) is 0. The standard InChI is InChI=1S/C27H23N3O3.C23H23N3O3.C22H21N3O3.C21H19N3O3/c1-19(31)15-16-30-24-13-8-14-25(22(24)17-28-30)32-18-23-26(20-9-4-2-5-10-20)33-27(29-23)21-11-6-3-7-12-21;1-16(27)8-7-13-26-21-11-6-12-22(19(21)14-24-26)28-15-20-17(2)29-23(25-20)18-9-4-3-5-10-18;1-15(26)11-12-25-20-9-6-10-21(18(20)13-23-25)27-14-19-16(2)28-22(24-19)17-7-4-3-5-8-17;1-14(25)12-24-19-9-6-10-20(17(19)11-22-24)26-13-18-15(2)27-21(23-18)16-7-4-3-5-8-16/h2-14,17H,15-16,18H2,1H3;3-6,9-12,14H,7-8,13,15H2,1-2H3;3-10,13H,11-12,14H2,1-2H3;3-11H,12-13H2,1-2H3. The second-order valence-corrected chi connectivity index (χ2v) is 27.9. The number of carbonyl (C=O) groups is 4. The number of carbonyl (C=O) groups excluding carboxylic acids is 4. The van der Waals surface area contributed by atoms with Gasteiger partial charge < -0.3 is 41.4 Å². The maximum Gasteiger partial charge on any atom is 0.227 e. The van der Waals surface area contributed by atoms with Crippen LogP contribution < -0.4 is 18.9 Å². The summed E-state index contributed by atoms with van der Waals surface area (Å²) in [5.41, 5.74) is 11.4. The molecule has 0 N–H and O–H groups in total. The van der Waals surface area contributed by atoms with Crippen LogP contribution in [0.2, 0.25) is 0 Å². The Labute approximate surface area is 674 Å². The number of rotatable bonds is 29. The molecule has 0 amide bonds. The molecular weight excluding hydrogens is 1480 g/mol. The van der Waals surface area contributed by atoms with Crippen LogP contribution in [0.4, 0.5) is 0 Å². The largest absolute Gasteiger partial charge is 0.486 e. The zero-order valence-electron chi connectivity index (χ0n) is 65.9. The smallest absolute Gasteiger partial charge is 0.227 e. The number of oxazole rings is 4. The molecule has 0 saturated heterocycles. The van der Waals surface area contributed by atoms with Crippen LogP contribution in [0.5, 0.6) is 23.0 Å². The number of aryl methyl sites for hydroxylation is 6. The van der Waals surface area contributed by atoms with Crippen molar-refractivity contribution in [1.82, 2.24) is 59.1 Å². The Morgan fingerprint density at radius 3 is 0.906 bits per heavy atom. The van der Waals surface area contributed by atoms with Gasteiger partial charge in [0.25, 0.3) is 0 Å². The molecular formula is C93H86N12O12. The summed E-state index contributed by atoms with van der Waals surface area (Å²) >= 11 is 0. The molecule has 8 heterocycles. The summed E-state index contributed by atoms with van der Waals surface area (Å²) in [6, 6.07) is 72.4. The van der Waals surface area contributed by atoms with Gasteiger partial charge in [-0.05, 0) is 152 Å². The quantitative estimate of drug-likeness (QED) is 0.0421. The first kappa shape index (κ1) is 79.2. The van der Waals surface area contributed by atoms with E-state index < -0.39 is 0 Å². The molecule has 0 fully saturated rings. The highest BCUT2D eigenvalue weighted by atomic mass is 16.5. The van der Waals surface area contributed by atoms with E-state index in [0.717, 1.165) is 129 Å². The summed E-state index contributed by atoms with van der Waals surface area (Å²) in [4.78, 5) is 63.7. The van der Waals surface area contributed by atoms with Gasteiger partial charge in [0.1, 0.15) is 107 Å². The lowest BCUT2D eigenvalue weighted by molar-refractivity contribution is -0.118. The highest BCUT2D eigenvalue weighted by Crippen LogP contribution is 2.36. The first-order chi connectivity index (χ1) is 57.0. The number of aromatic nitrogens is 12. The van der Waals surface area contributed by atoms with E-state index in [1.807, 2.05) is 265 Å². The van der Waals surface area contributed by atoms with E-state index in [0.29, 0.717) is 99.5 Å². The van der Waals surface area contributed by atoms with Crippen molar-refractivity contribution in [1.29, 1.82) is 0 Å². The fourth-order valence-corrected chi connectivity index (χ4v) is 13.0. The lowest BCUT2D eigenvalue weighted by Crippen LogP contribution is -2.07. The molecule has 8 aromatic heterocycles. The first-order valence-corrected chi connectivity index (χ1v) is 38.5. The van der Waals surface area contributed by atoms with Crippen LogP contribution in [0.1, 0.15) is 93.4 Å². The minimum Gasteiger partial charge on any atom is -0.486 e. The molecule has 0 spiro atoms. The van der Waals surface area contributed by atoms with Crippen molar-refractivity contribution >= 4 is 66.7 Å². The predicted octanol–water partition coefficient (Wildman–Crippen LogP) is 19.6. The minimum absolute atomic E-state index is 0.0537. The van der Waals surface area contributed by atoms with Crippen LogP contribution in [0.25, 0.3) is 101 Å². The zero-order valence-corrected chi connectivity index (χ0v) is 65.9. The molecule has 0 saturated carbocycles. The lowest BCUT2D eigenvalue weighted by atomic mass is 10.1. The van der Waals surface area contributed by atoms with E-state index in [1.54, 1.807) is 51.0 Å². The van der Waals surface area contributed by atoms with Crippen molar-refractivity contribution in [3.05, 3.63) is 289 Å². The van der Waals surface area contributed by atoms with Gasteiger partial charge in [0.15, 0.2) is 11.5 Å². The molecule has 24 nitrogen and oxygen atoms in total. The summed E-state index contributed by atoms with van der Waals surface area (Å²) in [5, 5.41) is 21.2. The van der Waals surface area contributed by atoms with E-state index >= 15 is 0 Å². The molecule has 0 aliphatic carbocycles. The molecule has 117 heavy (non-hydrogen) atoms. The molecule has 0 unspecified atom stereocenters. The third-order valence-corrected chi connectivity index (χ3v) is 19.2. The van der Waals surface area contributed by atoms with Gasteiger partial charge in [0.2, 0.25) is 23.6 Å². The second-order valence-electron chi connectivity index (χ2n) is 27.9. The lowest BCUT2D eigenvalue weighted by Gasteiger charge is -2.08. The molecule has 0 aliphatic rings. The van der Waals surface area contributed by atoms with E-state index in [2.05, 4.69) is 35.3 Å². The van der Waals surface area contributed by atoms with Crippen molar-refractivity contribution in [3.8, 4) is 80.1 Å². The molecule has 17 aromatic rings. The number of ether oxygens (including phenoxy) is 4. The van der Waals surface area contributed by atoms with Gasteiger partial charge in [0, 0.05) is 66.7 Å². The van der Waals surface area contributed by atoms with Gasteiger partial charge in [-0.25, -0.2) is 19.9 Å². The molecule has 9 aromatic carbocycles. The van der Waals surface area contributed by atoms with E-state index in [1.165, 1.54) is 0 Å². The average Bonchev–Trinajstić information content (AvgIpc) is 1.68. The summed E-state index contributed by atoms with van der Waals surface area (Å²) in [5.74, 6) is 8.67. The van der Waals surface area contributed by atoms with Crippen LogP contribution in [0.15, 0.2) is 267 Å². The number of nitrogens with zero attached hydrogens (tertiary/aromatic N) is 12. The van der Waals surface area contributed by atoms with E-state index in [4.69, 9.17) is 41.6 Å². The van der Waals surface area contributed by atoms with Crippen LogP contribution in [0.3, 0.4) is 0 Å². The molecule has 0 atom stereocenters. The van der Waals surface area contributed by atoms with Crippen molar-refractivity contribution in [2.24, 2.45) is 0 Å². The zero-order chi connectivity index (χ0) is 81.2. The van der Waals surface area contributed by atoms with Gasteiger partial charge in [-0.3, -0.25) is 33.1 Å². The molecule has 0 bridgehead atoms. The van der Waals surface area contributed by atoms with Gasteiger partial charge >= 0.3 is 0 Å². The number of fused-ring (bicyclic) bond motifs is 4. The first-order valence-electron chi connectivity index (χ1n) is 38.5. The predicted molar refractivity (Wildman–Crippen MR) is 445 cm³/mol. The summed E-state index contributed by atoms with van der Waals surface area (Å²) in [6.07, 6.45) is 9.33. The average molecular weight is 1560 g/mol. The minimum atomic E-state index is 0.0537. The van der Waals surface area contributed by atoms with Gasteiger partial charge in [-0.15, -0.1) is 0 Å². The van der Waals surface area contributed by atoms with E-state index in [9.17, 15) is 19.2 Å². The SMILES string of the molecule is CC(=O)CCCn1ncc2c(OCc3nc(-c4ccccc4)oc3C)cccc21.CC(=O)CCn1ncc2c(OCc3nc(-c4ccccc4)oc3-c3ccccc3)cccc21.CC(=O)CCn1ncc2c(OCc3nc(-c4ccccc4)oc3C)cccc21.CC(=O)Cn1ncc2c(OCc3nc(-c4ccccc4)oc3C)cccc21. The Kier molecular flexibility index (Phi) is 25.4. The molecule has 0 radical (unpaired) electrons. The van der Waals surface area contributed by atoms with Gasteiger partial charge in [0.05, 0.1) is 74.9 Å². The van der Waals surface area contributed by atoms with E-state index in [-0.39, 0.29) is 36.3 Å². The number of ketones is 4. The maximum atomic E-state index is 11.4. The Hall–Kier alpha value is -14.4. The third-order valence-electron chi connectivity index (χ3n) is 19.2. The number of hydrogen-bond acceptors (Lipinski definition) is 20. The number of benzene rings is 9. The third kappa shape index (κ3) is 19.8. The normalized spacial score (nSPS) is 11.1. The van der Waals surface area contributed by atoms with Gasteiger partial charge in [-0.1, -0.05) is 127 Å². The Morgan fingerprint density at radius 1 is 0.299 bits per heavy atom. The fourth-order valence-electron chi connectivity index (χ4n) is 13.0. The van der Waals surface area contributed by atoms with Crippen molar-refractivity contribution in [3.63, 3.8) is 0 Å². The Bertz CT molecular complexity index is 6240. The molecule has 24 heteroatoms. The Balaban J connectivity index is 0.000000129. The van der Waals surface area contributed by atoms with Crippen LogP contribution in [-0.2, 0) is 71.8 Å². The van der Waals surface area contributed by atoms with Gasteiger partial charge in [-0.2, -0.15) is 20.4 Å². The number of Topliss-reactive ketones (excluding diaryl/α,β-unsaturated/α-hetero) is 4. The molecule has 590 valence electrons. The Morgan fingerprint density at radius 2 is 0.581 bits per heavy atom. The fraction of sp³-hybridized carbons (Fsp3) is 0.204. The highest BCUT2D eigenvalue weighted by Gasteiger charge is 2.22. The monoisotopic (exact) mass is 1560 g/mol.